The number of piperidine rings is 1. The molecule has 1 aliphatic rings. The van der Waals surface area contributed by atoms with Crippen molar-refractivity contribution in [2.45, 2.75) is 25.8 Å². The van der Waals surface area contributed by atoms with Crippen LogP contribution < -0.4 is 5.73 Å². The molecule has 1 aliphatic heterocycles. The molecule has 0 spiro atoms. The van der Waals surface area contributed by atoms with Gasteiger partial charge in [0.1, 0.15) is 0 Å². The van der Waals surface area contributed by atoms with E-state index in [9.17, 15) is 0 Å². The van der Waals surface area contributed by atoms with Gasteiger partial charge in [0.25, 0.3) is 0 Å². The van der Waals surface area contributed by atoms with E-state index in [2.05, 4.69) is 15.2 Å². The maximum atomic E-state index is 5.62. The summed E-state index contributed by atoms with van der Waals surface area (Å²) in [6, 6.07) is 0. The van der Waals surface area contributed by atoms with Gasteiger partial charge in [0, 0.05) is 26.3 Å². The van der Waals surface area contributed by atoms with Gasteiger partial charge in [0.05, 0.1) is 5.69 Å². The van der Waals surface area contributed by atoms with E-state index in [1.807, 2.05) is 13.2 Å². The molecule has 16 heavy (non-hydrogen) atoms. The van der Waals surface area contributed by atoms with Crippen LogP contribution in [0.3, 0.4) is 0 Å². The molecule has 1 aromatic rings. The second kappa shape index (κ2) is 5.41. The Morgan fingerprint density at radius 3 is 3.12 bits per heavy atom. The Morgan fingerprint density at radius 1 is 1.56 bits per heavy atom. The summed E-state index contributed by atoms with van der Waals surface area (Å²) in [6.07, 6.45) is 5.75. The van der Waals surface area contributed by atoms with Crippen molar-refractivity contribution in [3.63, 3.8) is 0 Å². The minimum atomic E-state index is 0.774. The topological polar surface area (TPSA) is 60.0 Å². The number of nitrogens with two attached hydrogens (primary N) is 1. The fourth-order valence-corrected chi connectivity index (χ4v) is 2.46. The average molecular weight is 223 g/mol. The van der Waals surface area contributed by atoms with Crippen molar-refractivity contribution < 1.29 is 0 Å². The Bertz CT molecular complexity index is 320. The van der Waals surface area contributed by atoms with Gasteiger partial charge in [-0.2, -0.15) is 0 Å². The number of rotatable bonds is 4. The zero-order valence-corrected chi connectivity index (χ0v) is 9.97. The third-order valence-electron chi connectivity index (χ3n) is 3.21. The monoisotopic (exact) mass is 223 g/mol. The normalized spacial score (nSPS) is 22.5. The van der Waals surface area contributed by atoms with E-state index in [0.717, 1.165) is 37.7 Å². The fourth-order valence-electron chi connectivity index (χ4n) is 2.46. The summed E-state index contributed by atoms with van der Waals surface area (Å²) in [5.74, 6) is 0.774. The molecule has 1 unspecified atom stereocenters. The standard InChI is InChI=1S/C11H21N5/c1-15-8-11(13-14-15)9-16-6-2-3-10(7-16)4-5-12/h8,10H,2-7,9,12H2,1H3. The van der Waals surface area contributed by atoms with Gasteiger partial charge >= 0.3 is 0 Å². The summed E-state index contributed by atoms with van der Waals surface area (Å²) in [4.78, 5) is 2.47. The lowest BCUT2D eigenvalue weighted by molar-refractivity contribution is 0.161. The molecule has 1 saturated heterocycles. The van der Waals surface area contributed by atoms with Crippen molar-refractivity contribution in [1.82, 2.24) is 19.9 Å². The summed E-state index contributed by atoms with van der Waals surface area (Å²) in [5.41, 5.74) is 6.68. The molecule has 1 aromatic heterocycles. The van der Waals surface area contributed by atoms with Gasteiger partial charge in [-0.25, -0.2) is 0 Å². The van der Waals surface area contributed by atoms with Gasteiger partial charge in [0.2, 0.25) is 0 Å². The van der Waals surface area contributed by atoms with Crippen molar-refractivity contribution in [2.75, 3.05) is 19.6 Å². The van der Waals surface area contributed by atoms with Gasteiger partial charge in [-0.05, 0) is 38.3 Å². The highest BCUT2D eigenvalue weighted by Gasteiger charge is 2.19. The second-order valence-electron chi connectivity index (χ2n) is 4.70. The number of likely N-dealkylation sites (tertiary alicyclic amines) is 1. The lowest BCUT2D eigenvalue weighted by Crippen LogP contribution is -2.35. The summed E-state index contributed by atoms with van der Waals surface area (Å²) < 4.78 is 1.76. The maximum absolute atomic E-state index is 5.62. The summed E-state index contributed by atoms with van der Waals surface area (Å²) in [6.45, 7) is 4.07. The van der Waals surface area contributed by atoms with Crippen LogP contribution in [0.4, 0.5) is 0 Å². The zero-order chi connectivity index (χ0) is 11.4. The molecular formula is C11H21N5. The minimum absolute atomic E-state index is 0.774. The number of hydrogen-bond acceptors (Lipinski definition) is 4. The molecule has 1 atom stereocenters. The van der Waals surface area contributed by atoms with E-state index in [-0.39, 0.29) is 0 Å². The molecule has 0 amide bonds. The van der Waals surface area contributed by atoms with Gasteiger partial charge in [0.15, 0.2) is 0 Å². The summed E-state index contributed by atoms with van der Waals surface area (Å²) in [7, 11) is 1.91. The van der Waals surface area contributed by atoms with Gasteiger partial charge in [-0.1, -0.05) is 5.21 Å². The largest absolute Gasteiger partial charge is 0.330 e. The molecule has 0 aromatic carbocycles. The molecule has 2 rings (SSSR count). The van der Waals surface area contributed by atoms with Crippen LogP contribution in [0.25, 0.3) is 0 Å². The molecule has 5 heteroatoms. The van der Waals surface area contributed by atoms with E-state index in [4.69, 9.17) is 5.73 Å². The van der Waals surface area contributed by atoms with Crippen LogP contribution in [0.1, 0.15) is 25.0 Å². The Balaban J connectivity index is 1.85. The van der Waals surface area contributed by atoms with Crippen LogP contribution in [-0.2, 0) is 13.6 Å². The molecular weight excluding hydrogens is 202 g/mol. The van der Waals surface area contributed by atoms with E-state index in [1.54, 1.807) is 4.68 Å². The molecule has 0 radical (unpaired) electrons. The first-order chi connectivity index (χ1) is 7.78. The molecule has 0 aliphatic carbocycles. The van der Waals surface area contributed by atoms with Crippen molar-refractivity contribution in [3.8, 4) is 0 Å². The van der Waals surface area contributed by atoms with Crippen LogP contribution in [0.2, 0.25) is 0 Å². The van der Waals surface area contributed by atoms with Crippen LogP contribution in [0, 0.1) is 5.92 Å². The molecule has 90 valence electrons. The second-order valence-corrected chi connectivity index (χ2v) is 4.70. The van der Waals surface area contributed by atoms with Crippen LogP contribution >= 0.6 is 0 Å². The summed E-state index contributed by atoms with van der Waals surface area (Å²) in [5, 5.41) is 8.08. The number of aromatic nitrogens is 3. The van der Waals surface area contributed by atoms with Crippen LogP contribution in [0.15, 0.2) is 6.20 Å². The molecule has 2 N–H and O–H groups in total. The zero-order valence-electron chi connectivity index (χ0n) is 9.97. The highest BCUT2D eigenvalue weighted by molar-refractivity contribution is 4.92. The van der Waals surface area contributed by atoms with Gasteiger partial charge in [-0.3, -0.25) is 9.58 Å². The number of nitrogens with zero attached hydrogens (tertiary/aromatic N) is 4. The Hall–Kier alpha value is -0.940. The molecule has 5 nitrogen and oxygen atoms in total. The fraction of sp³-hybridized carbons (Fsp3) is 0.818. The highest BCUT2D eigenvalue weighted by atomic mass is 15.4. The van der Waals surface area contributed by atoms with E-state index < -0.39 is 0 Å². The van der Waals surface area contributed by atoms with Gasteiger partial charge in [-0.15, -0.1) is 5.10 Å². The molecule has 0 saturated carbocycles. The number of aryl methyl sites for hydroxylation is 1. The lowest BCUT2D eigenvalue weighted by Gasteiger charge is -2.31. The van der Waals surface area contributed by atoms with Crippen molar-refractivity contribution >= 4 is 0 Å². The van der Waals surface area contributed by atoms with Crippen molar-refractivity contribution in [1.29, 1.82) is 0 Å². The third-order valence-corrected chi connectivity index (χ3v) is 3.21. The van der Waals surface area contributed by atoms with E-state index in [1.165, 1.54) is 19.4 Å². The first-order valence-electron chi connectivity index (χ1n) is 6.05. The first kappa shape index (κ1) is 11.5. The third kappa shape index (κ3) is 3.02. The van der Waals surface area contributed by atoms with Crippen molar-refractivity contribution in [2.24, 2.45) is 18.7 Å². The quantitative estimate of drug-likeness (QED) is 0.801. The molecule has 1 fully saturated rings. The summed E-state index contributed by atoms with van der Waals surface area (Å²) >= 11 is 0. The molecule has 0 bridgehead atoms. The Kier molecular flexibility index (Phi) is 3.90. The predicted molar refractivity (Wildman–Crippen MR) is 62.7 cm³/mol. The van der Waals surface area contributed by atoms with E-state index >= 15 is 0 Å². The van der Waals surface area contributed by atoms with Crippen molar-refractivity contribution in [3.05, 3.63) is 11.9 Å². The highest BCUT2D eigenvalue weighted by Crippen LogP contribution is 2.20. The first-order valence-corrected chi connectivity index (χ1v) is 6.05. The van der Waals surface area contributed by atoms with Gasteiger partial charge < -0.3 is 5.73 Å². The number of hydrogen-bond donors (Lipinski definition) is 1. The predicted octanol–water partition coefficient (Wildman–Crippen LogP) is 0.376. The van der Waals surface area contributed by atoms with Crippen LogP contribution in [0.5, 0.6) is 0 Å². The van der Waals surface area contributed by atoms with Crippen LogP contribution in [-0.4, -0.2) is 39.5 Å². The Labute approximate surface area is 96.6 Å². The lowest BCUT2D eigenvalue weighted by atomic mass is 9.95. The SMILES string of the molecule is Cn1cc(CN2CCCC(CCN)C2)nn1. The smallest absolute Gasteiger partial charge is 0.0967 e. The molecule has 2 heterocycles. The van der Waals surface area contributed by atoms with E-state index in [0.29, 0.717) is 0 Å². The maximum Gasteiger partial charge on any atom is 0.0967 e. The Morgan fingerprint density at radius 2 is 2.44 bits per heavy atom. The minimum Gasteiger partial charge on any atom is -0.330 e. The average Bonchev–Trinajstić information content (AvgIpc) is 2.65.